The molecule has 0 radical (unpaired) electrons. The standard InChI is InChI=1S/C22H26F2N2O3/c1-22(2,3)29-21(27)26-10-6-15(7-11-26)14-28-20-18(23)12-17(13-19(20)24)16-4-8-25-9-5-16/h4-5,8-9,12-13,15H,6-7,10-11,14H2,1-3H3. The maximum absolute atomic E-state index is 14.4. The molecule has 0 unspecified atom stereocenters. The number of benzene rings is 1. The Balaban J connectivity index is 1.55. The molecule has 0 spiro atoms. The zero-order valence-electron chi connectivity index (χ0n) is 17.0. The van der Waals surface area contributed by atoms with Crippen molar-refractivity contribution in [3.05, 3.63) is 48.3 Å². The number of likely N-dealkylation sites (tertiary alicyclic amines) is 1. The summed E-state index contributed by atoms with van der Waals surface area (Å²) in [5, 5.41) is 0. The van der Waals surface area contributed by atoms with Gasteiger partial charge >= 0.3 is 6.09 Å². The van der Waals surface area contributed by atoms with E-state index in [2.05, 4.69) is 4.98 Å². The Morgan fingerprint density at radius 3 is 2.24 bits per heavy atom. The first-order valence-electron chi connectivity index (χ1n) is 9.73. The molecule has 1 aliphatic heterocycles. The van der Waals surface area contributed by atoms with Crippen molar-refractivity contribution in [1.82, 2.24) is 9.88 Å². The van der Waals surface area contributed by atoms with Crippen LogP contribution in [0.3, 0.4) is 0 Å². The van der Waals surface area contributed by atoms with Crippen LogP contribution in [0.25, 0.3) is 11.1 Å². The van der Waals surface area contributed by atoms with Crippen molar-refractivity contribution in [2.24, 2.45) is 5.92 Å². The summed E-state index contributed by atoms with van der Waals surface area (Å²) in [5.74, 6) is -1.71. The molecule has 0 N–H and O–H groups in total. The lowest BCUT2D eigenvalue weighted by atomic mass is 9.98. The molecule has 1 aliphatic rings. The maximum atomic E-state index is 14.4. The molecule has 0 saturated carbocycles. The molecule has 1 aromatic heterocycles. The van der Waals surface area contributed by atoms with Crippen LogP contribution in [0.4, 0.5) is 13.6 Å². The average Bonchev–Trinajstić information content (AvgIpc) is 2.67. The summed E-state index contributed by atoms with van der Waals surface area (Å²) >= 11 is 0. The molecule has 1 amide bonds. The van der Waals surface area contributed by atoms with Gasteiger partial charge in [-0.15, -0.1) is 0 Å². The van der Waals surface area contributed by atoms with Crippen molar-refractivity contribution < 1.29 is 23.0 Å². The minimum absolute atomic E-state index is 0.118. The highest BCUT2D eigenvalue weighted by Gasteiger charge is 2.27. The van der Waals surface area contributed by atoms with Gasteiger partial charge in [-0.05, 0) is 74.9 Å². The van der Waals surface area contributed by atoms with E-state index in [1.807, 2.05) is 20.8 Å². The Bertz CT molecular complexity index is 822. The van der Waals surface area contributed by atoms with E-state index in [4.69, 9.17) is 9.47 Å². The summed E-state index contributed by atoms with van der Waals surface area (Å²) in [6, 6.07) is 5.90. The van der Waals surface area contributed by atoms with Gasteiger partial charge in [-0.3, -0.25) is 4.98 Å². The largest absolute Gasteiger partial charge is 0.487 e. The van der Waals surface area contributed by atoms with Crippen molar-refractivity contribution >= 4 is 6.09 Å². The molecule has 2 aromatic rings. The summed E-state index contributed by atoms with van der Waals surface area (Å²) in [6.45, 7) is 6.76. The van der Waals surface area contributed by atoms with E-state index in [-0.39, 0.29) is 24.4 Å². The molecule has 0 atom stereocenters. The Hall–Kier alpha value is -2.70. The number of rotatable bonds is 4. The Labute approximate surface area is 169 Å². The highest BCUT2D eigenvalue weighted by Crippen LogP contribution is 2.30. The SMILES string of the molecule is CC(C)(C)OC(=O)N1CCC(COc2c(F)cc(-c3ccncc3)cc2F)CC1. The number of piperidine rings is 1. The predicted molar refractivity (Wildman–Crippen MR) is 106 cm³/mol. The fourth-order valence-corrected chi connectivity index (χ4v) is 3.22. The van der Waals surface area contributed by atoms with E-state index in [9.17, 15) is 13.6 Å². The van der Waals surface area contributed by atoms with Crippen molar-refractivity contribution in [3.63, 3.8) is 0 Å². The number of carbonyl (C=O) groups is 1. The molecule has 7 heteroatoms. The van der Waals surface area contributed by atoms with Gasteiger partial charge in [0.05, 0.1) is 6.61 Å². The molecule has 0 aliphatic carbocycles. The monoisotopic (exact) mass is 404 g/mol. The molecule has 29 heavy (non-hydrogen) atoms. The lowest BCUT2D eigenvalue weighted by Crippen LogP contribution is -2.42. The van der Waals surface area contributed by atoms with Gasteiger partial charge < -0.3 is 14.4 Å². The van der Waals surface area contributed by atoms with Gasteiger partial charge in [-0.1, -0.05) is 0 Å². The van der Waals surface area contributed by atoms with Crippen LogP contribution in [0.1, 0.15) is 33.6 Å². The number of amides is 1. The zero-order chi connectivity index (χ0) is 21.0. The second kappa shape index (κ2) is 8.76. The maximum Gasteiger partial charge on any atom is 0.410 e. The van der Waals surface area contributed by atoms with Crippen LogP contribution in [-0.2, 0) is 4.74 Å². The molecular formula is C22H26F2N2O3. The van der Waals surface area contributed by atoms with Gasteiger partial charge in [0, 0.05) is 25.5 Å². The zero-order valence-corrected chi connectivity index (χ0v) is 17.0. The number of pyridine rings is 1. The normalized spacial score (nSPS) is 15.3. The Kier molecular flexibility index (Phi) is 6.35. The molecule has 3 rings (SSSR count). The topological polar surface area (TPSA) is 51.7 Å². The Morgan fingerprint density at radius 2 is 1.69 bits per heavy atom. The third kappa shape index (κ3) is 5.65. The van der Waals surface area contributed by atoms with Crippen LogP contribution in [0.2, 0.25) is 0 Å². The highest BCUT2D eigenvalue weighted by atomic mass is 19.1. The number of aromatic nitrogens is 1. The van der Waals surface area contributed by atoms with E-state index in [1.165, 1.54) is 12.1 Å². The Morgan fingerprint density at radius 1 is 1.10 bits per heavy atom. The third-order valence-electron chi connectivity index (χ3n) is 4.74. The molecule has 2 heterocycles. The van der Waals surface area contributed by atoms with Gasteiger partial charge in [0.1, 0.15) is 5.60 Å². The summed E-state index contributed by atoms with van der Waals surface area (Å²) in [5.41, 5.74) is 0.577. The van der Waals surface area contributed by atoms with E-state index < -0.39 is 17.2 Å². The first-order chi connectivity index (χ1) is 13.7. The summed E-state index contributed by atoms with van der Waals surface area (Å²) in [4.78, 5) is 17.7. The minimum atomic E-state index is -0.733. The predicted octanol–water partition coefficient (Wildman–Crippen LogP) is 5.05. The van der Waals surface area contributed by atoms with Crippen LogP contribution in [0.5, 0.6) is 5.75 Å². The summed E-state index contributed by atoms with van der Waals surface area (Å²) in [6.07, 6.45) is 4.19. The van der Waals surface area contributed by atoms with Crippen molar-refractivity contribution in [2.75, 3.05) is 19.7 Å². The van der Waals surface area contributed by atoms with E-state index in [1.54, 1.807) is 29.4 Å². The molecule has 1 fully saturated rings. The van der Waals surface area contributed by atoms with E-state index in [0.29, 0.717) is 37.1 Å². The average molecular weight is 404 g/mol. The second-order valence-electron chi connectivity index (χ2n) is 8.23. The van der Waals surface area contributed by atoms with Crippen LogP contribution in [0.15, 0.2) is 36.7 Å². The molecular weight excluding hydrogens is 378 g/mol. The van der Waals surface area contributed by atoms with Gasteiger partial charge in [-0.25, -0.2) is 13.6 Å². The smallest absolute Gasteiger partial charge is 0.410 e. The van der Waals surface area contributed by atoms with E-state index in [0.717, 1.165) is 0 Å². The first-order valence-corrected chi connectivity index (χ1v) is 9.73. The highest BCUT2D eigenvalue weighted by molar-refractivity contribution is 5.68. The molecule has 1 aromatic carbocycles. The summed E-state index contributed by atoms with van der Waals surface area (Å²) in [7, 11) is 0. The quantitative estimate of drug-likeness (QED) is 0.715. The first kappa shape index (κ1) is 21.0. The number of halogens is 2. The lowest BCUT2D eigenvalue weighted by Gasteiger charge is -2.33. The van der Waals surface area contributed by atoms with Crippen LogP contribution < -0.4 is 4.74 Å². The van der Waals surface area contributed by atoms with Gasteiger partial charge in [-0.2, -0.15) is 0 Å². The summed E-state index contributed by atoms with van der Waals surface area (Å²) < 4.78 is 39.7. The molecule has 1 saturated heterocycles. The molecule has 156 valence electrons. The third-order valence-corrected chi connectivity index (χ3v) is 4.74. The van der Waals surface area contributed by atoms with Crippen LogP contribution in [-0.4, -0.2) is 41.3 Å². The lowest BCUT2D eigenvalue weighted by molar-refractivity contribution is 0.0164. The van der Waals surface area contributed by atoms with Gasteiger partial charge in [0.15, 0.2) is 17.4 Å². The van der Waals surface area contributed by atoms with Crippen molar-refractivity contribution in [3.8, 4) is 16.9 Å². The fourth-order valence-electron chi connectivity index (χ4n) is 3.22. The van der Waals surface area contributed by atoms with Crippen LogP contribution in [0, 0.1) is 17.6 Å². The number of ether oxygens (including phenoxy) is 2. The molecule has 0 bridgehead atoms. The van der Waals surface area contributed by atoms with Crippen LogP contribution >= 0.6 is 0 Å². The van der Waals surface area contributed by atoms with Gasteiger partial charge in [0.25, 0.3) is 0 Å². The molecule has 5 nitrogen and oxygen atoms in total. The minimum Gasteiger partial charge on any atom is -0.487 e. The van der Waals surface area contributed by atoms with Crippen molar-refractivity contribution in [2.45, 2.75) is 39.2 Å². The second-order valence-corrected chi connectivity index (χ2v) is 8.23. The fraction of sp³-hybridized carbons (Fsp3) is 0.455. The number of hydrogen-bond donors (Lipinski definition) is 0. The van der Waals surface area contributed by atoms with Crippen molar-refractivity contribution in [1.29, 1.82) is 0 Å². The van der Waals surface area contributed by atoms with E-state index >= 15 is 0 Å². The number of hydrogen-bond acceptors (Lipinski definition) is 4. The number of nitrogens with zero attached hydrogens (tertiary/aromatic N) is 2. The van der Waals surface area contributed by atoms with Gasteiger partial charge in [0.2, 0.25) is 0 Å². The number of carbonyl (C=O) groups excluding carboxylic acids is 1.